The van der Waals surface area contributed by atoms with Crippen LogP contribution < -0.4 is 0 Å². The van der Waals surface area contributed by atoms with Crippen LogP contribution in [0.4, 0.5) is 0 Å². The van der Waals surface area contributed by atoms with Gasteiger partial charge in [-0.2, -0.15) is 0 Å². The second kappa shape index (κ2) is 5.96. The maximum absolute atomic E-state index is 12.9. The van der Waals surface area contributed by atoms with Crippen molar-refractivity contribution >= 4 is 22.7 Å². The van der Waals surface area contributed by atoms with Crippen LogP contribution in [0.2, 0.25) is 0 Å². The van der Waals surface area contributed by atoms with Gasteiger partial charge in [0.2, 0.25) is 5.91 Å². The summed E-state index contributed by atoms with van der Waals surface area (Å²) in [6.07, 6.45) is 5.16. The zero-order valence-corrected chi connectivity index (χ0v) is 14.1. The van der Waals surface area contributed by atoms with E-state index in [9.17, 15) is 9.59 Å². The van der Waals surface area contributed by atoms with Crippen LogP contribution in [-0.2, 0) is 11.8 Å². The van der Waals surface area contributed by atoms with Gasteiger partial charge in [-0.05, 0) is 18.9 Å². The fourth-order valence-corrected chi connectivity index (χ4v) is 3.73. The molecule has 5 heteroatoms. The van der Waals surface area contributed by atoms with Crippen molar-refractivity contribution in [2.24, 2.45) is 13.0 Å². The normalized spacial score (nSPS) is 18.7. The van der Waals surface area contributed by atoms with Crippen LogP contribution in [0.5, 0.6) is 0 Å². The minimum Gasteiger partial charge on any atom is -0.350 e. The molecule has 0 radical (unpaired) electrons. The summed E-state index contributed by atoms with van der Waals surface area (Å²) in [5.41, 5.74) is 1.83. The van der Waals surface area contributed by atoms with E-state index in [1.54, 1.807) is 0 Å². The van der Waals surface area contributed by atoms with Gasteiger partial charge >= 0.3 is 0 Å². The van der Waals surface area contributed by atoms with Crippen LogP contribution in [0.25, 0.3) is 10.9 Å². The summed E-state index contributed by atoms with van der Waals surface area (Å²) >= 11 is 0. The van der Waals surface area contributed by atoms with Gasteiger partial charge in [0.1, 0.15) is 0 Å². The van der Waals surface area contributed by atoms with E-state index in [0.29, 0.717) is 32.1 Å². The molecule has 0 N–H and O–H groups in total. The number of hydrogen-bond acceptors (Lipinski definition) is 2. The topological polar surface area (TPSA) is 45.6 Å². The lowest BCUT2D eigenvalue weighted by Gasteiger charge is -2.38. The summed E-state index contributed by atoms with van der Waals surface area (Å²) in [5, 5.41) is 0.998. The van der Waals surface area contributed by atoms with Gasteiger partial charge in [0.15, 0.2) is 0 Å². The van der Waals surface area contributed by atoms with Crippen molar-refractivity contribution in [2.45, 2.75) is 19.3 Å². The molecule has 4 rings (SSSR count). The second-order valence-corrected chi connectivity index (χ2v) is 6.92. The minimum absolute atomic E-state index is 0.0718. The number of para-hydroxylation sites is 1. The lowest BCUT2D eigenvalue weighted by atomic mass is 9.84. The Morgan fingerprint density at radius 3 is 2.33 bits per heavy atom. The highest BCUT2D eigenvalue weighted by Gasteiger charge is 2.32. The molecule has 0 unspecified atom stereocenters. The number of piperazine rings is 1. The molecule has 0 spiro atoms. The van der Waals surface area contributed by atoms with Crippen LogP contribution in [0, 0.1) is 5.92 Å². The smallest absolute Gasteiger partial charge is 0.256 e. The van der Waals surface area contributed by atoms with Crippen molar-refractivity contribution in [3.63, 3.8) is 0 Å². The lowest BCUT2D eigenvalue weighted by Crippen LogP contribution is -2.52. The molecule has 0 bridgehead atoms. The van der Waals surface area contributed by atoms with Gasteiger partial charge in [0.25, 0.3) is 5.91 Å². The Kier molecular flexibility index (Phi) is 3.79. The fraction of sp³-hybridized carbons (Fsp3) is 0.474. The second-order valence-electron chi connectivity index (χ2n) is 6.92. The summed E-state index contributed by atoms with van der Waals surface area (Å²) in [4.78, 5) is 29.1. The zero-order valence-electron chi connectivity index (χ0n) is 14.1. The Bertz CT molecular complexity index is 783. The molecule has 1 saturated heterocycles. The molecule has 2 amide bonds. The van der Waals surface area contributed by atoms with Crippen molar-refractivity contribution < 1.29 is 9.59 Å². The molecule has 2 aliphatic rings. The third-order valence-corrected chi connectivity index (χ3v) is 5.46. The number of rotatable bonds is 2. The number of carbonyl (C=O) groups excluding carboxylic acids is 2. The van der Waals surface area contributed by atoms with Crippen molar-refractivity contribution in [3.8, 4) is 0 Å². The van der Waals surface area contributed by atoms with Crippen LogP contribution in [0.3, 0.4) is 0 Å². The number of aromatic nitrogens is 1. The number of carbonyl (C=O) groups is 2. The first-order valence-corrected chi connectivity index (χ1v) is 8.77. The highest BCUT2D eigenvalue weighted by Crippen LogP contribution is 2.29. The van der Waals surface area contributed by atoms with Gasteiger partial charge in [0.05, 0.1) is 5.56 Å². The van der Waals surface area contributed by atoms with Crippen molar-refractivity contribution in [1.82, 2.24) is 14.4 Å². The van der Waals surface area contributed by atoms with Crippen LogP contribution in [-0.4, -0.2) is 52.4 Å². The summed E-state index contributed by atoms with van der Waals surface area (Å²) in [6.45, 7) is 2.57. The number of amides is 2. The van der Waals surface area contributed by atoms with E-state index in [1.807, 2.05) is 51.9 Å². The van der Waals surface area contributed by atoms with Crippen LogP contribution in [0.1, 0.15) is 29.6 Å². The van der Waals surface area contributed by atoms with Gasteiger partial charge in [-0.25, -0.2) is 0 Å². The highest BCUT2D eigenvalue weighted by atomic mass is 16.2. The van der Waals surface area contributed by atoms with Gasteiger partial charge < -0.3 is 14.4 Å². The number of nitrogens with zero attached hydrogens (tertiary/aromatic N) is 3. The first-order valence-electron chi connectivity index (χ1n) is 8.77. The SMILES string of the molecule is Cn1cc(C(=O)N2CCN(C(=O)C3CCC3)CC2)c2ccccc21. The van der Waals surface area contributed by atoms with E-state index < -0.39 is 0 Å². The Morgan fingerprint density at radius 1 is 1.00 bits per heavy atom. The molecule has 1 aliphatic heterocycles. The molecule has 1 aromatic carbocycles. The summed E-state index contributed by atoms with van der Waals surface area (Å²) in [6, 6.07) is 7.98. The standard InChI is InChI=1S/C19H23N3O2/c1-20-13-16(15-7-2-3-8-17(15)20)19(24)22-11-9-21(10-12-22)18(23)14-5-4-6-14/h2-3,7-8,13-14H,4-6,9-12H2,1H3. The first-order chi connectivity index (χ1) is 11.6. The van der Waals surface area contributed by atoms with E-state index in [-0.39, 0.29) is 11.8 Å². The molecule has 2 fully saturated rings. The molecular weight excluding hydrogens is 302 g/mol. The third-order valence-electron chi connectivity index (χ3n) is 5.46. The lowest BCUT2D eigenvalue weighted by molar-refractivity contribution is -0.139. The zero-order chi connectivity index (χ0) is 16.7. The first kappa shape index (κ1) is 15.2. The molecular formula is C19H23N3O2. The minimum atomic E-state index is 0.0718. The molecule has 2 heterocycles. The summed E-state index contributed by atoms with van der Waals surface area (Å²) < 4.78 is 2.00. The number of hydrogen-bond donors (Lipinski definition) is 0. The molecule has 1 aromatic heterocycles. The number of fused-ring (bicyclic) bond motifs is 1. The molecule has 2 aromatic rings. The highest BCUT2D eigenvalue weighted by molar-refractivity contribution is 6.07. The van der Waals surface area contributed by atoms with Crippen LogP contribution >= 0.6 is 0 Å². The van der Waals surface area contributed by atoms with Gasteiger partial charge in [-0.15, -0.1) is 0 Å². The average Bonchev–Trinajstić information content (AvgIpc) is 2.90. The van der Waals surface area contributed by atoms with Crippen molar-refractivity contribution in [1.29, 1.82) is 0 Å². The molecule has 1 saturated carbocycles. The van der Waals surface area contributed by atoms with E-state index in [1.165, 1.54) is 6.42 Å². The summed E-state index contributed by atoms with van der Waals surface area (Å²) in [7, 11) is 1.97. The maximum atomic E-state index is 12.9. The van der Waals surface area contributed by atoms with E-state index in [0.717, 1.165) is 29.3 Å². The Balaban J connectivity index is 1.47. The molecule has 1 aliphatic carbocycles. The van der Waals surface area contributed by atoms with Crippen LogP contribution in [0.15, 0.2) is 30.5 Å². The summed E-state index contributed by atoms with van der Waals surface area (Å²) in [5.74, 6) is 0.603. The number of benzene rings is 1. The Hall–Kier alpha value is -2.30. The van der Waals surface area contributed by atoms with Gasteiger partial charge in [-0.1, -0.05) is 24.6 Å². The molecule has 5 nitrogen and oxygen atoms in total. The maximum Gasteiger partial charge on any atom is 0.256 e. The predicted molar refractivity (Wildman–Crippen MR) is 92.7 cm³/mol. The largest absolute Gasteiger partial charge is 0.350 e. The van der Waals surface area contributed by atoms with Crippen molar-refractivity contribution in [3.05, 3.63) is 36.0 Å². The Morgan fingerprint density at radius 2 is 1.67 bits per heavy atom. The molecule has 0 atom stereocenters. The molecule has 24 heavy (non-hydrogen) atoms. The molecule has 126 valence electrons. The fourth-order valence-electron chi connectivity index (χ4n) is 3.73. The quantitative estimate of drug-likeness (QED) is 0.850. The average molecular weight is 325 g/mol. The van der Waals surface area contributed by atoms with Crippen molar-refractivity contribution in [2.75, 3.05) is 26.2 Å². The van der Waals surface area contributed by atoms with E-state index in [4.69, 9.17) is 0 Å². The van der Waals surface area contributed by atoms with Gasteiger partial charge in [0, 0.05) is 56.2 Å². The Labute approximate surface area is 141 Å². The predicted octanol–water partition coefficient (Wildman–Crippen LogP) is 2.26. The van der Waals surface area contributed by atoms with E-state index in [2.05, 4.69) is 0 Å². The van der Waals surface area contributed by atoms with E-state index >= 15 is 0 Å². The number of aryl methyl sites for hydroxylation is 1. The third kappa shape index (κ3) is 2.48. The van der Waals surface area contributed by atoms with Gasteiger partial charge in [-0.3, -0.25) is 9.59 Å². The monoisotopic (exact) mass is 325 g/mol.